The first kappa shape index (κ1) is 23.6. The second kappa shape index (κ2) is 8.63. The molecular weight excluding hydrogens is 483 g/mol. The van der Waals surface area contributed by atoms with Crippen molar-refractivity contribution in [3.8, 4) is 11.1 Å². The molecular formula is C37H33BN2. The van der Waals surface area contributed by atoms with Gasteiger partial charge in [0, 0.05) is 38.7 Å². The Morgan fingerprint density at radius 2 is 1.45 bits per heavy atom. The summed E-state index contributed by atoms with van der Waals surface area (Å²) in [4.78, 5) is 2.55. The molecule has 0 spiro atoms. The standard InChI is InChI=1S/C37H33BN2/c1-5-6-12-26-21-29-27-13-7-9-16-32(27)40-37(29)30(22-26)28-14-11-18-34-35(28)38(40)31-15-8-10-17-33(31)39(34)36-24(3)19-23(2)20-25(36)4/h7-11,13-22H,5-6,12H2,1-4H3. The van der Waals surface area contributed by atoms with Crippen LogP contribution >= 0.6 is 0 Å². The van der Waals surface area contributed by atoms with Gasteiger partial charge in [0.25, 0.3) is 0 Å². The minimum atomic E-state index is 0.126. The van der Waals surface area contributed by atoms with Gasteiger partial charge in [-0.05, 0) is 97.1 Å². The Morgan fingerprint density at radius 1 is 0.700 bits per heavy atom. The Bertz CT molecular complexity index is 1970. The maximum absolute atomic E-state index is 2.65. The molecule has 6 aromatic rings. The van der Waals surface area contributed by atoms with Crippen LogP contribution in [0.4, 0.5) is 17.1 Å². The monoisotopic (exact) mass is 516 g/mol. The Kier molecular flexibility index (Phi) is 5.10. The SMILES string of the molecule is CCCCc1cc2c3c(c1)c1ccccc1n3B1c3ccccc3N(c3c(C)cc(C)cc3C)c3cccc-2c31. The van der Waals surface area contributed by atoms with Crippen molar-refractivity contribution in [2.75, 3.05) is 4.90 Å². The maximum atomic E-state index is 2.65. The number of fused-ring (bicyclic) bond motifs is 7. The van der Waals surface area contributed by atoms with Gasteiger partial charge in [0.15, 0.2) is 0 Å². The second-order valence-electron chi connectivity index (χ2n) is 11.8. The molecule has 2 aliphatic rings. The molecule has 0 amide bonds. The molecule has 8 rings (SSSR count). The molecule has 2 aliphatic heterocycles. The zero-order chi connectivity index (χ0) is 27.1. The Balaban J connectivity index is 1.52. The van der Waals surface area contributed by atoms with Gasteiger partial charge in [-0.3, -0.25) is 0 Å². The summed E-state index contributed by atoms with van der Waals surface area (Å²) in [5, 5.41) is 2.75. The molecule has 0 bridgehead atoms. The van der Waals surface area contributed by atoms with Gasteiger partial charge in [0.2, 0.25) is 0 Å². The third-order valence-electron chi connectivity index (χ3n) is 9.16. The van der Waals surface area contributed by atoms with E-state index in [0.29, 0.717) is 0 Å². The van der Waals surface area contributed by atoms with Crippen molar-refractivity contribution in [2.45, 2.75) is 47.0 Å². The fourth-order valence-electron chi connectivity index (χ4n) is 7.70. The fourth-order valence-corrected chi connectivity index (χ4v) is 7.70. The summed E-state index contributed by atoms with van der Waals surface area (Å²) >= 11 is 0. The van der Waals surface area contributed by atoms with Crippen LogP contribution in [-0.2, 0) is 6.42 Å². The van der Waals surface area contributed by atoms with E-state index in [1.807, 2.05) is 0 Å². The molecule has 0 N–H and O–H groups in total. The average molecular weight is 516 g/mol. The molecule has 1 aromatic heterocycles. The molecule has 5 aromatic carbocycles. The smallest absolute Gasteiger partial charge is 0.333 e. The largest absolute Gasteiger partial charge is 0.375 e. The van der Waals surface area contributed by atoms with Gasteiger partial charge in [0.1, 0.15) is 0 Å². The zero-order valence-electron chi connectivity index (χ0n) is 23.8. The number of unbranched alkanes of at least 4 members (excludes halogenated alkanes) is 1. The summed E-state index contributed by atoms with van der Waals surface area (Å²) in [5.74, 6) is 0. The lowest BCUT2D eigenvalue weighted by molar-refractivity contribution is 0.796. The van der Waals surface area contributed by atoms with Crippen LogP contribution in [-0.4, -0.2) is 11.3 Å². The van der Waals surface area contributed by atoms with Crippen LogP contribution in [0, 0.1) is 20.8 Å². The first-order valence-corrected chi connectivity index (χ1v) is 14.7. The summed E-state index contributed by atoms with van der Waals surface area (Å²) in [6, 6.07) is 34.7. The number of para-hydroxylation sites is 2. The number of anilines is 3. The third kappa shape index (κ3) is 3.12. The van der Waals surface area contributed by atoms with E-state index in [4.69, 9.17) is 0 Å². The van der Waals surface area contributed by atoms with E-state index < -0.39 is 0 Å². The van der Waals surface area contributed by atoms with Crippen molar-refractivity contribution < 1.29 is 0 Å². The van der Waals surface area contributed by atoms with Crippen LogP contribution in [0.25, 0.3) is 32.9 Å². The summed E-state index contributed by atoms with van der Waals surface area (Å²) in [6.45, 7) is 9.13. The third-order valence-corrected chi connectivity index (χ3v) is 9.16. The molecule has 40 heavy (non-hydrogen) atoms. The summed E-state index contributed by atoms with van der Waals surface area (Å²) in [5.41, 5.74) is 17.5. The first-order valence-electron chi connectivity index (χ1n) is 14.7. The molecule has 194 valence electrons. The van der Waals surface area contributed by atoms with Gasteiger partial charge in [0.05, 0.1) is 5.69 Å². The molecule has 0 aliphatic carbocycles. The van der Waals surface area contributed by atoms with Crippen LogP contribution in [0.2, 0.25) is 0 Å². The van der Waals surface area contributed by atoms with Gasteiger partial charge in [-0.1, -0.05) is 79.6 Å². The van der Waals surface area contributed by atoms with E-state index in [9.17, 15) is 0 Å². The highest BCUT2D eigenvalue weighted by molar-refractivity contribution is 6.90. The predicted molar refractivity (Wildman–Crippen MR) is 173 cm³/mol. The Labute approximate surface area is 237 Å². The minimum Gasteiger partial charge on any atom is -0.375 e. The van der Waals surface area contributed by atoms with Gasteiger partial charge in [-0.2, -0.15) is 0 Å². The van der Waals surface area contributed by atoms with Gasteiger partial charge in [-0.25, -0.2) is 0 Å². The zero-order valence-corrected chi connectivity index (χ0v) is 23.8. The lowest BCUT2D eigenvalue weighted by atomic mass is 9.45. The summed E-state index contributed by atoms with van der Waals surface area (Å²) < 4.78 is 2.65. The number of rotatable bonds is 4. The quantitative estimate of drug-likeness (QED) is 0.213. The number of aromatic nitrogens is 1. The fraction of sp³-hybridized carbons (Fsp3) is 0.189. The molecule has 0 atom stereocenters. The number of hydrogen-bond donors (Lipinski definition) is 0. The molecule has 3 heterocycles. The van der Waals surface area contributed by atoms with Crippen LogP contribution < -0.4 is 15.8 Å². The minimum absolute atomic E-state index is 0.126. The number of nitrogens with zero attached hydrogens (tertiary/aromatic N) is 2. The van der Waals surface area contributed by atoms with E-state index in [1.165, 1.54) is 96.0 Å². The number of benzene rings is 5. The molecule has 2 nitrogen and oxygen atoms in total. The highest BCUT2D eigenvalue weighted by Crippen LogP contribution is 2.46. The lowest BCUT2D eigenvalue weighted by Gasteiger charge is -2.41. The van der Waals surface area contributed by atoms with Crippen LogP contribution in [0.5, 0.6) is 0 Å². The normalized spacial score (nSPS) is 13.2. The van der Waals surface area contributed by atoms with Gasteiger partial charge < -0.3 is 9.38 Å². The average Bonchev–Trinajstić information content (AvgIpc) is 3.29. The molecule has 0 saturated carbocycles. The van der Waals surface area contributed by atoms with Crippen molar-refractivity contribution in [3.63, 3.8) is 0 Å². The number of hydrogen-bond acceptors (Lipinski definition) is 1. The predicted octanol–water partition coefficient (Wildman–Crippen LogP) is 8.48. The van der Waals surface area contributed by atoms with Crippen molar-refractivity contribution >= 4 is 56.6 Å². The highest BCUT2D eigenvalue weighted by atomic mass is 15.2. The van der Waals surface area contributed by atoms with E-state index in [0.717, 1.165) is 6.42 Å². The van der Waals surface area contributed by atoms with Gasteiger partial charge >= 0.3 is 6.85 Å². The Morgan fingerprint density at radius 3 is 2.27 bits per heavy atom. The molecule has 3 heteroatoms. The number of aryl methyl sites for hydroxylation is 4. The van der Waals surface area contributed by atoms with E-state index >= 15 is 0 Å². The topological polar surface area (TPSA) is 8.17 Å². The molecule has 0 saturated heterocycles. The van der Waals surface area contributed by atoms with Crippen molar-refractivity contribution in [2.24, 2.45) is 0 Å². The van der Waals surface area contributed by atoms with Crippen molar-refractivity contribution in [1.82, 2.24) is 4.48 Å². The summed E-state index contributed by atoms with van der Waals surface area (Å²) in [6.07, 6.45) is 3.54. The first-order chi connectivity index (χ1) is 19.6. The van der Waals surface area contributed by atoms with Crippen LogP contribution in [0.1, 0.15) is 42.0 Å². The van der Waals surface area contributed by atoms with E-state index in [1.54, 1.807) is 0 Å². The van der Waals surface area contributed by atoms with E-state index in [-0.39, 0.29) is 6.85 Å². The van der Waals surface area contributed by atoms with E-state index in [2.05, 4.69) is 128 Å². The maximum Gasteiger partial charge on any atom is 0.333 e. The van der Waals surface area contributed by atoms with Crippen molar-refractivity contribution in [1.29, 1.82) is 0 Å². The highest BCUT2D eigenvalue weighted by Gasteiger charge is 2.42. The Hall–Kier alpha value is -4.24. The molecule has 0 radical (unpaired) electrons. The molecule has 0 unspecified atom stereocenters. The van der Waals surface area contributed by atoms with Gasteiger partial charge in [-0.15, -0.1) is 0 Å². The lowest BCUT2D eigenvalue weighted by Crippen LogP contribution is -2.56. The second-order valence-corrected chi connectivity index (χ2v) is 11.8. The van der Waals surface area contributed by atoms with Crippen molar-refractivity contribution in [3.05, 3.63) is 113 Å². The summed E-state index contributed by atoms with van der Waals surface area (Å²) in [7, 11) is 0. The van der Waals surface area contributed by atoms with Crippen LogP contribution in [0.15, 0.2) is 91.0 Å². The molecule has 0 fully saturated rings. The van der Waals surface area contributed by atoms with Crippen LogP contribution in [0.3, 0.4) is 0 Å².